The van der Waals surface area contributed by atoms with Gasteiger partial charge in [-0.25, -0.2) is 9.59 Å². The summed E-state index contributed by atoms with van der Waals surface area (Å²) in [4.78, 5) is 73.3. The van der Waals surface area contributed by atoms with E-state index in [1.165, 1.54) is 54.6 Å². The molecular weight excluding hydrogens is 1440 g/mol. The van der Waals surface area contributed by atoms with Gasteiger partial charge in [0.05, 0.1) is 11.6 Å². The highest BCUT2D eigenvalue weighted by Gasteiger charge is 2.50. The van der Waals surface area contributed by atoms with Gasteiger partial charge in [-0.2, -0.15) is 0 Å². The van der Waals surface area contributed by atoms with E-state index in [0.717, 1.165) is 72.8 Å². The van der Waals surface area contributed by atoms with Crippen LogP contribution in [0.3, 0.4) is 0 Å². The minimum atomic E-state index is -2.16. The van der Waals surface area contributed by atoms with Crippen molar-refractivity contribution in [2.45, 2.75) is 129 Å². The van der Waals surface area contributed by atoms with E-state index in [2.05, 4.69) is 0 Å². The van der Waals surface area contributed by atoms with E-state index in [4.69, 9.17) is 66.4 Å². The van der Waals surface area contributed by atoms with Crippen LogP contribution in [-0.2, 0) is 57.1 Å². The Kier molecular flexibility index (Phi) is 25.2. The maximum atomic E-state index is 14.1. The average Bonchev–Trinajstić information content (AvgIpc) is 0.766. The van der Waals surface area contributed by atoms with Crippen LogP contribution in [0.5, 0.6) is 57.5 Å². The topological polar surface area (TPSA) is 615 Å². The van der Waals surface area contributed by atoms with Crippen molar-refractivity contribution in [1.82, 2.24) is 0 Å². The molecule has 107 heavy (non-hydrogen) atoms. The number of carboxylic acid groups (broad SMARTS) is 1. The first-order valence-corrected chi connectivity index (χ1v) is 32.0. The summed E-state index contributed by atoms with van der Waals surface area (Å²) in [6.45, 7) is -3.12. The van der Waals surface area contributed by atoms with Crippen molar-refractivity contribution < 1.29 is 182 Å². The summed E-state index contributed by atoms with van der Waals surface area (Å²) in [7, 11) is 0. The number of aromatic hydroxyl groups is 6. The van der Waals surface area contributed by atoms with E-state index in [9.17, 15) is 121 Å². The number of fused-ring (bicyclic) bond motifs is 1. The Hall–Kier alpha value is -10.8. The third-order valence-electron chi connectivity index (χ3n) is 16.8. The lowest BCUT2D eigenvalue weighted by Gasteiger charge is -2.40. The highest BCUT2D eigenvalue weighted by Crippen LogP contribution is 2.43. The number of hydrogen-bond acceptors (Lipinski definition) is 36. The van der Waals surface area contributed by atoms with Crippen molar-refractivity contribution in [3.63, 3.8) is 0 Å². The maximum absolute atomic E-state index is 14.1. The maximum Gasteiger partial charge on any atom is 0.510 e. The Bertz CT molecular complexity index is 4300. The molecule has 4 fully saturated rings. The predicted octanol–water partition coefficient (Wildman–Crippen LogP) is -2.85. The molecule has 4 aromatic rings. The molecule has 5 heterocycles. The number of hydrogen-bond donors (Lipinski definition) is 19. The summed E-state index contributed by atoms with van der Waals surface area (Å²) in [6.07, 6.45) is -32.9. The third-order valence-corrected chi connectivity index (χ3v) is 16.8. The summed E-state index contributed by atoms with van der Waals surface area (Å²) in [5, 5.41) is 200. The number of carbonyl (C=O) groups is 4. The van der Waals surface area contributed by atoms with Crippen LogP contribution in [0.2, 0.25) is 0 Å². The fourth-order valence-electron chi connectivity index (χ4n) is 10.9. The number of aliphatic carboxylic acids is 1. The van der Waals surface area contributed by atoms with Gasteiger partial charge in [-0.3, -0.25) is 14.4 Å². The highest BCUT2D eigenvalue weighted by molar-refractivity contribution is 5.90. The van der Waals surface area contributed by atoms with Crippen molar-refractivity contribution in [2.75, 3.05) is 26.4 Å². The van der Waals surface area contributed by atoms with Gasteiger partial charge in [-0.1, -0.05) is 18.2 Å². The van der Waals surface area contributed by atoms with Crippen molar-refractivity contribution in [2.24, 2.45) is 0 Å². The molecule has 0 saturated carbocycles. The van der Waals surface area contributed by atoms with Gasteiger partial charge < -0.3 is 163 Å². The fraction of sp³-hybridized carbons (Fsp3) is 0.362. The molecule has 0 amide bonds. The van der Waals surface area contributed by atoms with Gasteiger partial charge in [-0.15, -0.1) is 0 Å². The van der Waals surface area contributed by atoms with E-state index < -0.39 is 254 Å². The van der Waals surface area contributed by atoms with E-state index in [-0.39, 0.29) is 22.4 Å². The number of aliphatic hydroxyl groups is 12. The number of aliphatic hydroxyl groups excluding tert-OH is 12. The largest absolute Gasteiger partial charge is 0.510 e. The fourth-order valence-corrected chi connectivity index (χ4v) is 10.9. The van der Waals surface area contributed by atoms with Gasteiger partial charge in [0.25, 0.3) is 0 Å². The first-order valence-electron chi connectivity index (χ1n) is 32.0. The Morgan fingerprint density at radius 2 is 0.813 bits per heavy atom. The molecular formula is C69H71O38+. The predicted molar refractivity (Wildman–Crippen MR) is 351 cm³/mol. The van der Waals surface area contributed by atoms with Crippen LogP contribution in [0.1, 0.15) is 23.1 Å². The van der Waals surface area contributed by atoms with Crippen LogP contribution in [0.15, 0.2) is 118 Å². The molecule has 38 heteroatoms. The van der Waals surface area contributed by atoms with Gasteiger partial charge in [0, 0.05) is 29.8 Å². The lowest BCUT2D eigenvalue weighted by Crippen LogP contribution is -2.60. The second-order valence-corrected chi connectivity index (χ2v) is 24.4. The zero-order chi connectivity index (χ0) is 77.4. The summed E-state index contributed by atoms with van der Waals surface area (Å²) >= 11 is 0. The van der Waals surface area contributed by atoms with E-state index in [1.807, 2.05) is 0 Å². The number of esters is 4. The summed E-state index contributed by atoms with van der Waals surface area (Å²) in [5.74, 6) is -11.6. The summed E-state index contributed by atoms with van der Waals surface area (Å²) in [6, 6.07) is 17.0. The van der Waals surface area contributed by atoms with Crippen LogP contribution >= 0.6 is 0 Å². The number of benzene rings is 5. The number of phenolic OH excluding ortho intramolecular Hbond substituents is 6. The van der Waals surface area contributed by atoms with Crippen LogP contribution in [-0.4, -0.2) is 281 Å². The first kappa shape index (κ1) is 78.8. The molecule has 38 nitrogen and oxygen atoms in total. The van der Waals surface area contributed by atoms with Crippen LogP contribution in [0.25, 0.3) is 40.9 Å². The normalized spacial score (nSPS) is 28.8. The number of rotatable bonds is 25. The van der Waals surface area contributed by atoms with Crippen molar-refractivity contribution in [3.05, 3.63) is 136 Å². The smallest absolute Gasteiger partial charge is 0.504 e. The number of phenols is 6. The minimum Gasteiger partial charge on any atom is -0.504 e. The summed E-state index contributed by atoms with van der Waals surface area (Å²) in [5.41, 5.74) is -0.807. The monoisotopic (exact) mass is 1510 g/mol. The Morgan fingerprint density at radius 1 is 0.402 bits per heavy atom. The van der Waals surface area contributed by atoms with Gasteiger partial charge in [0.1, 0.15) is 129 Å². The number of carboxylic acids is 1. The third kappa shape index (κ3) is 19.1. The number of ether oxygens (including phenoxy) is 12. The second-order valence-electron chi connectivity index (χ2n) is 24.4. The molecule has 1 aliphatic carbocycles. The molecule has 10 rings (SSSR count). The van der Waals surface area contributed by atoms with E-state index in [0.29, 0.717) is 11.1 Å². The second kappa shape index (κ2) is 34.2. The van der Waals surface area contributed by atoms with E-state index >= 15 is 0 Å². The molecule has 0 unspecified atom stereocenters. The number of carbonyl (C=O) groups excluding carboxylic acids is 4. The highest BCUT2D eigenvalue weighted by atomic mass is 16.7. The SMILES string of the molecule is O=C(O)CC(=O)OC[C@H]1O[C@@H](Oc2cc3c(=O)cc(O[C@@H]4O[C@H](COC(=O)/C=C/c5ccc(O[C@@H]6O[C@H](COC(=O)C=Cc7ccc(O)c(O)c7)[C@@H](O)[C@H](O)[C@H]6O)c(O)c5)[C@@H](O)[C@H](O)[C@H]4O)cc-3oc2-c2ccc(O)c(O[C@@H]3O[C@H](COC(=[OH+])C=Cc4ccc(O)c(O)c4)[C@@H](O)[C@H](O)[C@H]3O)c2)[C@H](O)[C@@H](O)[C@@H]1O. The molecule has 0 aromatic heterocycles. The van der Waals surface area contributed by atoms with Gasteiger partial charge >= 0.3 is 29.8 Å². The Balaban J connectivity index is 0.829. The summed E-state index contributed by atoms with van der Waals surface area (Å²) < 4.78 is 72.8. The standard InChI is InChI=1S/C69H70O38/c70-33-8-1-27(15-37(33)74)4-12-49(79)96-24-45-54(84)58(88)62(92)67(105-45)101-40-11-3-29(17-39(40)76)6-14-51(81)95-23-44-53(83)57(87)61(91)66(104-44)99-31-19-36(73)32-21-43(103-69-64(94)60(90)56(86)47(107-69)26-98-52(82)22-48(77)78)65(100-41(32)20-31)30-7-10-35(72)42(18-30)102-68-63(93)59(89)55(85)46(106-68)25-97-50(80)13-5-28-2-9-34(71)38(75)16-28/h1-21,44-47,53-64,66-72,74-76,83-94H,22-26H2,(H,77,78)/p+1/b12-4?,13-5?,14-6+/t44-,45-,46-,47-,53-,54-,55-,56-,57+,58+,59+,60+,61-,62-,63-,64-,66-,67-,68-,69-/m1/s1. The van der Waals surface area contributed by atoms with Gasteiger partial charge in [0.2, 0.25) is 31.8 Å². The molecule has 4 saturated heterocycles. The molecule has 4 aromatic carbocycles. The molecule has 0 spiro atoms. The van der Waals surface area contributed by atoms with Crippen molar-refractivity contribution >= 4 is 48.1 Å². The first-order chi connectivity index (χ1) is 50.8. The minimum absolute atomic E-state index is 0.128. The van der Waals surface area contributed by atoms with Crippen molar-refractivity contribution in [1.29, 1.82) is 0 Å². The van der Waals surface area contributed by atoms with Gasteiger partial charge in [0.15, 0.2) is 69.0 Å². The van der Waals surface area contributed by atoms with E-state index in [1.54, 1.807) is 0 Å². The molecule has 20 N–H and O–H groups in total. The molecule has 0 radical (unpaired) electrons. The van der Waals surface area contributed by atoms with Crippen LogP contribution in [0.4, 0.5) is 0 Å². The zero-order valence-corrected chi connectivity index (χ0v) is 55.0. The van der Waals surface area contributed by atoms with Crippen molar-refractivity contribution in [3.8, 4) is 80.1 Å². The Labute approximate surface area is 600 Å². The molecule has 6 aliphatic rings. The molecule has 5 aliphatic heterocycles. The average molecular weight is 1510 g/mol. The van der Waals surface area contributed by atoms with Crippen LogP contribution < -0.4 is 24.4 Å². The zero-order valence-electron chi connectivity index (χ0n) is 55.0. The quantitative estimate of drug-likeness (QED) is 0.00685. The lowest BCUT2D eigenvalue weighted by atomic mass is 9.99. The lowest BCUT2D eigenvalue weighted by molar-refractivity contribution is -0.278. The van der Waals surface area contributed by atoms with Gasteiger partial charge in [-0.05, 0) is 95.6 Å². The molecule has 20 atom stereocenters. The molecule has 0 bridgehead atoms. The van der Waals surface area contributed by atoms with Crippen LogP contribution in [0, 0.1) is 0 Å². The molecule has 574 valence electrons. The Morgan fingerprint density at radius 3 is 1.28 bits per heavy atom.